The van der Waals surface area contributed by atoms with Crippen molar-refractivity contribution in [2.75, 3.05) is 5.73 Å². The summed E-state index contributed by atoms with van der Waals surface area (Å²) in [5.41, 5.74) is 9.73. The van der Waals surface area contributed by atoms with Crippen LogP contribution in [-0.4, -0.2) is 10.2 Å². The third kappa shape index (κ3) is 2.62. The number of aromatic amines is 1. The van der Waals surface area contributed by atoms with Gasteiger partial charge in [-0.25, -0.2) is 4.39 Å². The monoisotopic (exact) mass is 301 g/mol. The SMILES string of the molecule is Cc1cc(F)cc(-c2[nH]nc(N)c2-c2cccc(Cl)c2)c1. The van der Waals surface area contributed by atoms with Crippen molar-refractivity contribution in [3.8, 4) is 22.4 Å². The Balaban J connectivity index is 2.21. The van der Waals surface area contributed by atoms with E-state index in [9.17, 15) is 4.39 Å². The van der Waals surface area contributed by atoms with Crippen molar-refractivity contribution in [1.82, 2.24) is 10.2 Å². The highest BCUT2D eigenvalue weighted by atomic mass is 35.5. The summed E-state index contributed by atoms with van der Waals surface area (Å²) in [6.45, 7) is 1.84. The van der Waals surface area contributed by atoms with Gasteiger partial charge >= 0.3 is 0 Å². The first kappa shape index (κ1) is 13.6. The van der Waals surface area contributed by atoms with Gasteiger partial charge in [-0.3, -0.25) is 5.10 Å². The maximum atomic E-state index is 13.6. The van der Waals surface area contributed by atoms with E-state index in [1.165, 1.54) is 12.1 Å². The number of nitrogen functional groups attached to an aromatic ring is 1. The molecule has 106 valence electrons. The first-order chi connectivity index (χ1) is 10.0. The van der Waals surface area contributed by atoms with Crippen LogP contribution in [0.1, 0.15) is 5.56 Å². The van der Waals surface area contributed by atoms with Crippen LogP contribution < -0.4 is 5.73 Å². The van der Waals surface area contributed by atoms with Gasteiger partial charge < -0.3 is 5.73 Å². The number of hydrogen-bond acceptors (Lipinski definition) is 2. The van der Waals surface area contributed by atoms with Crippen LogP contribution in [0.3, 0.4) is 0 Å². The van der Waals surface area contributed by atoms with Gasteiger partial charge in [0.2, 0.25) is 0 Å². The van der Waals surface area contributed by atoms with Crippen LogP contribution in [0.25, 0.3) is 22.4 Å². The average molecular weight is 302 g/mol. The van der Waals surface area contributed by atoms with Gasteiger partial charge in [0.1, 0.15) is 5.82 Å². The van der Waals surface area contributed by atoms with E-state index >= 15 is 0 Å². The van der Waals surface area contributed by atoms with Gasteiger partial charge in [-0.2, -0.15) is 5.10 Å². The molecule has 2 aromatic carbocycles. The summed E-state index contributed by atoms with van der Waals surface area (Å²) in [7, 11) is 0. The highest BCUT2D eigenvalue weighted by molar-refractivity contribution is 6.30. The minimum Gasteiger partial charge on any atom is -0.382 e. The van der Waals surface area contributed by atoms with E-state index in [-0.39, 0.29) is 5.82 Å². The lowest BCUT2D eigenvalue weighted by atomic mass is 10.00. The van der Waals surface area contributed by atoms with Crippen LogP contribution in [0.4, 0.5) is 10.2 Å². The molecule has 0 unspecified atom stereocenters. The van der Waals surface area contributed by atoms with Gasteiger partial charge in [0.05, 0.1) is 11.3 Å². The van der Waals surface area contributed by atoms with E-state index in [0.717, 1.165) is 16.7 Å². The Morgan fingerprint density at radius 1 is 1.14 bits per heavy atom. The Morgan fingerprint density at radius 3 is 2.67 bits per heavy atom. The summed E-state index contributed by atoms with van der Waals surface area (Å²) in [5.74, 6) is 0.0596. The zero-order valence-electron chi connectivity index (χ0n) is 11.3. The van der Waals surface area contributed by atoms with Crippen molar-refractivity contribution in [2.24, 2.45) is 0 Å². The van der Waals surface area contributed by atoms with Crippen LogP contribution in [0, 0.1) is 12.7 Å². The van der Waals surface area contributed by atoms with Crippen molar-refractivity contribution in [3.63, 3.8) is 0 Å². The molecule has 3 rings (SSSR count). The number of hydrogen-bond donors (Lipinski definition) is 2. The smallest absolute Gasteiger partial charge is 0.153 e. The molecule has 3 nitrogen and oxygen atoms in total. The molecular formula is C16H13ClFN3. The second-order valence-corrected chi connectivity index (χ2v) is 5.32. The molecule has 5 heteroatoms. The second kappa shape index (κ2) is 5.22. The number of nitrogens with two attached hydrogens (primary N) is 1. The van der Waals surface area contributed by atoms with Crippen molar-refractivity contribution in [1.29, 1.82) is 0 Å². The zero-order chi connectivity index (χ0) is 15.0. The third-order valence-corrected chi connectivity index (χ3v) is 3.47. The van der Waals surface area contributed by atoms with Crippen molar-refractivity contribution >= 4 is 17.4 Å². The Kier molecular flexibility index (Phi) is 3.39. The standard InChI is InChI=1S/C16H13ClFN3/c1-9-5-11(8-13(18)6-9)15-14(16(19)21-20-15)10-3-2-4-12(17)7-10/h2-8H,1H3,(H3,19,20,21). The Labute approximate surface area is 126 Å². The van der Waals surface area contributed by atoms with E-state index in [2.05, 4.69) is 10.2 Å². The quantitative estimate of drug-likeness (QED) is 0.736. The molecule has 3 aromatic rings. The fourth-order valence-electron chi connectivity index (χ4n) is 2.38. The van der Waals surface area contributed by atoms with E-state index in [4.69, 9.17) is 17.3 Å². The minimum absolute atomic E-state index is 0.296. The van der Waals surface area contributed by atoms with Crippen LogP contribution in [0.2, 0.25) is 5.02 Å². The molecule has 0 aliphatic carbocycles. The molecule has 3 N–H and O–H groups in total. The van der Waals surface area contributed by atoms with Gasteiger partial charge in [0.25, 0.3) is 0 Å². The van der Waals surface area contributed by atoms with Gasteiger partial charge in [0.15, 0.2) is 5.82 Å². The number of benzene rings is 2. The van der Waals surface area contributed by atoms with Crippen molar-refractivity contribution in [3.05, 3.63) is 58.9 Å². The summed E-state index contributed by atoms with van der Waals surface area (Å²) in [6.07, 6.45) is 0. The predicted octanol–water partition coefficient (Wildman–Crippen LogP) is 4.43. The molecule has 1 aromatic heterocycles. The first-order valence-electron chi connectivity index (χ1n) is 6.42. The summed E-state index contributed by atoms with van der Waals surface area (Å²) in [4.78, 5) is 0. The summed E-state index contributed by atoms with van der Waals surface area (Å²) in [6, 6.07) is 12.1. The van der Waals surface area contributed by atoms with E-state index in [1.54, 1.807) is 12.1 Å². The Hall–Kier alpha value is -2.33. The molecule has 0 amide bonds. The zero-order valence-corrected chi connectivity index (χ0v) is 12.1. The maximum Gasteiger partial charge on any atom is 0.153 e. The predicted molar refractivity (Wildman–Crippen MR) is 83.6 cm³/mol. The topological polar surface area (TPSA) is 54.7 Å². The third-order valence-electron chi connectivity index (χ3n) is 3.24. The van der Waals surface area contributed by atoms with Crippen LogP contribution in [0.15, 0.2) is 42.5 Å². The first-order valence-corrected chi connectivity index (χ1v) is 6.80. The van der Waals surface area contributed by atoms with Crippen molar-refractivity contribution in [2.45, 2.75) is 6.92 Å². The fourth-order valence-corrected chi connectivity index (χ4v) is 2.57. The van der Waals surface area contributed by atoms with Crippen LogP contribution in [-0.2, 0) is 0 Å². The molecular weight excluding hydrogens is 289 g/mol. The van der Waals surface area contributed by atoms with Gasteiger partial charge in [-0.1, -0.05) is 23.7 Å². The molecule has 1 heterocycles. The molecule has 0 spiro atoms. The van der Waals surface area contributed by atoms with Gasteiger partial charge in [-0.15, -0.1) is 0 Å². The molecule has 0 saturated carbocycles. The van der Waals surface area contributed by atoms with Crippen LogP contribution in [0.5, 0.6) is 0 Å². The summed E-state index contributed by atoms with van der Waals surface area (Å²) < 4.78 is 13.6. The molecule has 0 fully saturated rings. The number of aryl methyl sites for hydroxylation is 1. The molecule has 0 aliphatic rings. The molecule has 0 saturated heterocycles. The Bertz CT molecular complexity index is 791. The number of H-pyrrole nitrogens is 1. The van der Waals surface area contributed by atoms with E-state index in [1.807, 2.05) is 25.1 Å². The fraction of sp³-hybridized carbons (Fsp3) is 0.0625. The largest absolute Gasteiger partial charge is 0.382 e. The number of anilines is 1. The van der Waals surface area contributed by atoms with E-state index in [0.29, 0.717) is 22.1 Å². The summed E-state index contributed by atoms with van der Waals surface area (Å²) in [5, 5.41) is 7.53. The number of nitrogens with zero attached hydrogens (tertiary/aromatic N) is 1. The molecule has 0 radical (unpaired) electrons. The number of halogens is 2. The number of nitrogens with one attached hydrogen (secondary N) is 1. The normalized spacial score (nSPS) is 10.8. The lowest BCUT2D eigenvalue weighted by molar-refractivity contribution is 0.627. The molecule has 0 bridgehead atoms. The van der Waals surface area contributed by atoms with Crippen molar-refractivity contribution < 1.29 is 4.39 Å². The highest BCUT2D eigenvalue weighted by Crippen LogP contribution is 2.36. The Morgan fingerprint density at radius 2 is 1.95 bits per heavy atom. The molecule has 21 heavy (non-hydrogen) atoms. The number of aromatic nitrogens is 2. The van der Waals surface area contributed by atoms with E-state index < -0.39 is 0 Å². The molecule has 0 aliphatic heterocycles. The second-order valence-electron chi connectivity index (χ2n) is 4.89. The molecule has 0 atom stereocenters. The lowest BCUT2D eigenvalue weighted by Gasteiger charge is -2.06. The van der Waals surface area contributed by atoms with Gasteiger partial charge in [-0.05, 0) is 48.4 Å². The lowest BCUT2D eigenvalue weighted by Crippen LogP contribution is -1.90. The average Bonchev–Trinajstić information content (AvgIpc) is 2.79. The number of rotatable bonds is 2. The summed E-state index contributed by atoms with van der Waals surface area (Å²) >= 11 is 6.03. The minimum atomic E-state index is -0.296. The van der Waals surface area contributed by atoms with Crippen LogP contribution >= 0.6 is 11.6 Å². The van der Waals surface area contributed by atoms with Gasteiger partial charge in [0, 0.05) is 10.6 Å². The highest BCUT2D eigenvalue weighted by Gasteiger charge is 2.15. The maximum absolute atomic E-state index is 13.6.